The summed E-state index contributed by atoms with van der Waals surface area (Å²) in [7, 11) is 0. The van der Waals surface area contributed by atoms with E-state index in [4.69, 9.17) is 0 Å². The summed E-state index contributed by atoms with van der Waals surface area (Å²) < 4.78 is 0. The summed E-state index contributed by atoms with van der Waals surface area (Å²) in [5.41, 5.74) is 0. The van der Waals surface area contributed by atoms with Crippen LogP contribution < -0.4 is 0 Å². The van der Waals surface area contributed by atoms with Crippen LogP contribution in [0, 0.1) is 0 Å². The van der Waals surface area contributed by atoms with Gasteiger partial charge in [0, 0.05) is 80.8 Å². The first-order chi connectivity index (χ1) is 0. The third-order valence-corrected chi connectivity index (χ3v) is 0. The molecule has 0 N–H and O–H groups in total. The Morgan fingerprint density at radius 1 is 0.500 bits per heavy atom. The van der Waals surface area contributed by atoms with Crippen LogP contribution in [0.2, 0.25) is 0 Å². The zero-order chi connectivity index (χ0) is 0. The Morgan fingerprint density at radius 2 is 0.500 bits per heavy atom. The summed E-state index contributed by atoms with van der Waals surface area (Å²) in [4.78, 5) is 0. The van der Waals surface area contributed by atoms with Crippen LogP contribution >= 0.6 is 0 Å². The van der Waals surface area contributed by atoms with Gasteiger partial charge in [0.15, 0.2) is 0 Å². The molecule has 4 radical (unpaired) electrons. The van der Waals surface area contributed by atoms with Gasteiger partial charge < -0.3 is 0 Å². The summed E-state index contributed by atoms with van der Waals surface area (Å²) in [6.45, 7) is 0. The van der Waals surface area contributed by atoms with E-state index in [1.54, 1.807) is 0 Å². The van der Waals surface area contributed by atoms with Gasteiger partial charge in [0.1, 0.15) is 0 Å². The second kappa shape index (κ2) is 17.5. The summed E-state index contributed by atoms with van der Waals surface area (Å²) in [6.07, 6.45) is 0. The maximum absolute atomic E-state index is 0. The fraction of sp³-hybridized carbons (Fsp3) is 0. The molecule has 4 heavy (non-hydrogen) atoms. The fourth-order valence-electron chi connectivity index (χ4n) is 0. The molecular weight excluding hydrogens is 402 g/mol. The van der Waals surface area contributed by atoms with E-state index in [1.807, 2.05) is 0 Å². The van der Waals surface area contributed by atoms with Crippen molar-refractivity contribution in [2.24, 2.45) is 0 Å². The van der Waals surface area contributed by atoms with E-state index in [2.05, 4.69) is 0 Å². The molecule has 0 fully saturated rings. The molecule has 0 aliphatic rings. The van der Waals surface area contributed by atoms with E-state index < -0.39 is 0 Å². The maximum Gasteiger partial charge on any atom is 0 e. The summed E-state index contributed by atoms with van der Waals surface area (Å²) >= 11 is 0. The van der Waals surface area contributed by atoms with Crippen LogP contribution in [-0.4, -0.2) is 0 Å². The van der Waals surface area contributed by atoms with Gasteiger partial charge in [-0.25, -0.2) is 0 Å². The van der Waals surface area contributed by atoms with E-state index in [-0.39, 0.29) is 80.8 Å². The molecule has 0 amide bonds. The Bertz CT molecular complexity index is 3.25. The SMILES string of the molecule is [Nb].[Rh].[Rh].[Rh]. The Labute approximate surface area is 79.7 Å². The van der Waals surface area contributed by atoms with Crippen LogP contribution in [0.5, 0.6) is 0 Å². The molecule has 0 aromatic carbocycles. The average molecular weight is 402 g/mol. The molecule has 0 rings (SSSR count). The first-order valence-corrected chi connectivity index (χ1v) is 0. The topological polar surface area (TPSA) is 0 Å². The average Bonchev–Trinajstić information content (AvgIpc) is 0. The third kappa shape index (κ3) is 8.82. The molecule has 0 unspecified atom stereocenters. The summed E-state index contributed by atoms with van der Waals surface area (Å²) in [5.74, 6) is 0. The monoisotopic (exact) mass is 402 g/mol. The minimum atomic E-state index is 0. The van der Waals surface area contributed by atoms with Crippen molar-refractivity contribution >= 4 is 0 Å². The molecule has 0 saturated carbocycles. The van der Waals surface area contributed by atoms with Crippen molar-refractivity contribution in [3.05, 3.63) is 0 Å². The van der Waals surface area contributed by atoms with Gasteiger partial charge >= 0.3 is 0 Å². The zero-order valence-corrected chi connectivity index (χ0v) is 8.56. The van der Waals surface area contributed by atoms with Crippen molar-refractivity contribution < 1.29 is 80.8 Å². The molecule has 0 aromatic heterocycles. The van der Waals surface area contributed by atoms with Gasteiger partial charge in [-0.3, -0.25) is 0 Å². The Hall–Kier alpha value is 2.61. The van der Waals surface area contributed by atoms with Crippen LogP contribution in [0.1, 0.15) is 0 Å². The molecule has 0 aromatic rings. The number of rotatable bonds is 0. The Morgan fingerprint density at radius 3 is 0.500 bits per heavy atom. The van der Waals surface area contributed by atoms with Gasteiger partial charge in [0.25, 0.3) is 0 Å². The molecule has 0 bridgehead atoms. The van der Waals surface area contributed by atoms with E-state index >= 15 is 0 Å². The van der Waals surface area contributed by atoms with E-state index in [0.717, 1.165) is 0 Å². The van der Waals surface area contributed by atoms with E-state index in [9.17, 15) is 0 Å². The van der Waals surface area contributed by atoms with Gasteiger partial charge in [-0.1, -0.05) is 0 Å². The molecule has 32 valence electrons. The Kier molecular flexibility index (Phi) is 134. The molecule has 0 heterocycles. The van der Waals surface area contributed by atoms with Gasteiger partial charge in [-0.05, 0) is 0 Å². The Balaban J connectivity index is 0. The molecule has 0 atom stereocenters. The van der Waals surface area contributed by atoms with Crippen molar-refractivity contribution in [2.45, 2.75) is 0 Å². The second-order valence-corrected chi connectivity index (χ2v) is 0. The van der Waals surface area contributed by atoms with Gasteiger partial charge in [0.2, 0.25) is 0 Å². The minimum absolute atomic E-state index is 0. The number of hydrogen-bond donors (Lipinski definition) is 0. The molecular formula is NbRh3. The molecule has 4 heteroatoms. The largest absolute Gasteiger partial charge is 0 e. The predicted octanol–water partition coefficient (Wildman–Crippen LogP) is -0.0100. The summed E-state index contributed by atoms with van der Waals surface area (Å²) in [5, 5.41) is 0. The fourth-order valence-corrected chi connectivity index (χ4v) is 0. The first kappa shape index (κ1) is 30.5. The number of hydrogen-bond acceptors (Lipinski definition) is 0. The van der Waals surface area contributed by atoms with Crippen molar-refractivity contribution in [2.75, 3.05) is 0 Å². The minimum Gasteiger partial charge on any atom is 0 e. The standard InChI is InChI=1S/Nb.3Rh. The van der Waals surface area contributed by atoms with E-state index in [0.29, 0.717) is 0 Å². The smallest absolute Gasteiger partial charge is 0 e. The van der Waals surface area contributed by atoms with Gasteiger partial charge in [0.05, 0.1) is 0 Å². The van der Waals surface area contributed by atoms with Crippen LogP contribution in [0.25, 0.3) is 0 Å². The van der Waals surface area contributed by atoms with Gasteiger partial charge in [-0.15, -0.1) is 0 Å². The quantitative estimate of drug-likeness (QED) is 0.501. The van der Waals surface area contributed by atoms with Crippen molar-refractivity contribution in [3.8, 4) is 0 Å². The van der Waals surface area contributed by atoms with Crippen LogP contribution in [0.15, 0.2) is 0 Å². The first-order valence-electron chi connectivity index (χ1n) is 0. The third-order valence-electron chi connectivity index (χ3n) is 0. The molecule has 0 aliphatic heterocycles. The normalized spacial score (nSPS) is 0. The summed E-state index contributed by atoms with van der Waals surface area (Å²) in [6, 6.07) is 0. The van der Waals surface area contributed by atoms with Crippen molar-refractivity contribution in [3.63, 3.8) is 0 Å². The predicted molar refractivity (Wildman–Crippen MR) is 0 cm³/mol. The molecule has 0 saturated heterocycles. The van der Waals surface area contributed by atoms with Crippen LogP contribution in [0.3, 0.4) is 0 Å². The zero-order valence-electron chi connectivity index (χ0n) is 1.45. The molecule has 0 aliphatic carbocycles. The van der Waals surface area contributed by atoms with Crippen LogP contribution in [-0.2, 0) is 80.8 Å². The van der Waals surface area contributed by atoms with Gasteiger partial charge in [-0.2, -0.15) is 0 Å². The second-order valence-electron chi connectivity index (χ2n) is 0. The van der Waals surface area contributed by atoms with Crippen molar-refractivity contribution in [1.29, 1.82) is 0 Å². The maximum atomic E-state index is 0. The van der Waals surface area contributed by atoms with E-state index in [1.165, 1.54) is 0 Å². The molecule has 0 nitrogen and oxygen atoms in total. The van der Waals surface area contributed by atoms with Crippen LogP contribution in [0.4, 0.5) is 0 Å². The van der Waals surface area contributed by atoms with Crippen molar-refractivity contribution in [1.82, 2.24) is 0 Å². The molecule has 0 spiro atoms.